The Kier molecular flexibility index (Phi) is 5.46. The second-order valence-corrected chi connectivity index (χ2v) is 6.16. The first kappa shape index (κ1) is 16.5. The van der Waals surface area contributed by atoms with Gasteiger partial charge in [-0.1, -0.05) is 0 Å². The molecule has 3 heterocycles. The van der Waals surface area contributed by atoms with Gasteiger partial charge in [-0.2, -0.15) is 0 Å². The van der Waals surface area contributed by atoms with Gasteiger partial charge in [0.25, 0.3) is 0 Å². The molecular formula is C14H24ClN3O3. The summed E-state index contributed by atoms with van der Waals surface area (Å²) in [6.45, 7) is 5.46. The smallest absolute Gasteiger partial charge is 0.228 e. The Hall–Kier alpha value is -0.850. The topological polar surface area (TPSA) is 61.9 Å². The van der Waals surface area contributed by atoms with E-state index in [-0.39, 0.29) is 30.1 Å². The van der Waals surface area contributed by atoms with E-state index < -0.39 is 0 Å². The van der Waals surface area contributed by atoms with E-state index in [1.807, 2.05) is 4.90 Å². The van der Waals surface area contributed by atoms with Gasteiger partial charge in [-0.05, 0) is 11.8 Å². The highest BCUT2D eigenvalue weighted by molar-refractivity contribution is 5.89. The predicted molar refractivity (Wildman–Crippen MR) is 80.2 cm³/mol. The van der Waals surface area contributed by atoms with Gasteiger partial charge < -0.3 is 19.9 Å². The number of likely N-dealkylation sites (tertiary alicyclic amines) is 2. The van der Waals surface area contributed by atoms with Crippen LogP contribution in [0.2, 0.25) is 0 Å². The van der Waals surface area contributed by atoms with Gasteiger partial charge in [0.1, 0.15) is 0 Å². The van der Waals surface area contributed by atoms with Crippen molar-refractivity contribution in [2.75, 3.05) is 53.0 Å². The summed E-state index contributed by atoms with van der Waals surface area (Å²) in [5.74, 6) is 1.33. The summed E-state index contributed by atoms with van der Waals surface area (Å²) < 4.78 is 5.00. The van der Waals surface area contributed by atoms with Crippen molar-refractivity contribution < 1.29 is 14.3 Å². The summed E-state index contributed by atoms with van der Waals surface area (Å²) in [6.07, 6.45) is 0.368. The lowest BCUT2D eigenvalue weighted by Crippen LogP contribution is -2.38. The van der Waals surface area contributed by atoms with Gasteiger partial charge in [-0.15, -0.1) is 12.4 Å². The van der Waals surface area contributed by atoms with Gasteiger partial charge in [0.05, 0.1) is 12.5 Å². The van der Waals surface area contributed by atoms with Crippen LogP contribution < -0.4 is 5.32 Å². The molecule has 3 saturated heterocycles. The van der Waals surface area contributed by atoms with Crippen LogP contribution in [-0.2, 0) is 14.3 Å². The first-order chi connectivity index (χ1) is 9.69. The third-order valence-corrected chi connectivity index (χ3v) is 4.83. The fourth-order valence-corrected chi connectivity index (χ4v) is 3.65. The van der Waals surface area contributed by atoms with E-state index in [2.05, 4.69) is 5.32 Å². The molecule has 0 radical (unpaired) electrons. The van der Waals surface area contributed by atoms with Gasteiger partial charge in [0.2, 0.25) is 11.8 Å². The molecule has 0 spiro atoms. The third kappa shape index (κ3) is 3.33. The number of methoxy groups -OCH3 is 1. The van der Waals surface area contributed by atoms with Crippen molar-refractivity contribution in [1.82, 2.24) is 15.1 Å². The molecule has 0 aromatic heterocycles. The van der Waals surface area contributed by atoms with Crippen LogP contribution in [0.25, 0.3) is 0 Å². The normalized spacial score (nSPS) is 31.5. The Bertz CT molecular complexity index is 395. The highest BCUT2D eigenvalue weighted by atomic mass is 35.5. The van der Waals surface area contributed by atoms with Crippen molar-refractivity contribution in [1.29, 1.82) is 0 Å². The molecule has 21 heavy (non-hydrogen) atoms. The summed E-state index contributed by atoms with van der Waals surface area (Å²) in [5.41, 5.74) is 0. The van der Waals surface area contributed by atoms with Gasteiger partial charge in [0.15, 0.2) is 0 Å². The summed E-state index contributed by atoms with van der Waals surface area (Å²) in [6, 6.07) is 0. The van der Waals surface area contributed by atoms with Crippen LogP contribution in [0.15, 0.2) is 0 Å². The molecule has 2 amide bonds. The second kappa shape index (κ2) is 6.94. The summed E-state index contributed by atoms with van der Waals surface area (Å²) in [4.78, 5) is 28.2. The molecule has 3 aliphatic rings. The largest absolute Gasteiger partial charge is 0.383 e. The van der Waals surface area contributed by atoms with E-state index in [1.165, 1.54) is 0 Å². The molecule has 0 aromatic rings. The summed E-state index contributed by atoms with van der Waals surface area (Å²) >= 11 is 0. The number of nitrogens with one attached hydrogen (secondary N) is 1. The lowest BCUT2D eigenvalue weighted by Gasteiger charge is -2.21. The van der Waals surface area contributed by atoms with E-state index >= 15 is 0 Å². The number of amides is 2. The zero-order valence-corrected chi connectivity index (χ0v) is 13.2. The maximum atomic E-state index is 12.5. The van der Waals surface area contributed by atoms with Crippen LogP contribution in [0.5, 0.6) is 0 Å². The third-order valence-electron chi connectivity index (χ3n) is 4.83. The number of hydrogen-bond acceptors (Lipinski definition) is 4. The molecule has 1 N–H and O–H groups in total. The zero-order chi connectivity index (χ0) is 14.1. The Morgan fingerprint density at radius 2 is 1.95 bits per heavy atom. The summed E-state index contributed by atoms with van der Waals surface area (Å²) in [7, 11) is 1.63. The number of nitrogens with zero attached hydrogens (tertiary/aromatic N) is 2. The van der Waals surface area contributed by atoms with Gasteiger partial charge in [-0.3, -0.25) is 9.59 Å². The van der Waals surface area contributed by atoms with Crippen molar-refractivity contribution in [3.63, 3.8) is 0 Å². The molecule has 0 saturated carbocycles. The lowest BCUT2D eigenvalue weighted by atomic mass is 10.0. The predicted octanol–water partition coefficient (Wildman–Crippen LogP) is -0.419. The van der Waals surface area contributed by atoms with Crippen molar-refractivity contribution in [2.45, 2.75) is 6.42 Å². The average Bonchev–Trinajstić information content (AvgIpc) is 3.09. The molecule has 0 aromatic carbocycles. The monoisotopic (exact) mass is 317 g/mol. The SMILES string of the molecule is COCCN1CC(C(=O)N2C[C@H]3CNC[C@H]3C2)CC1=O.Cl. The Labute approximate surface area is 131 Å². The van der Waals surface area contributed by atoms with E-state index in [0.29, 0.717) is 38.0 Å². The van der Waals surface area contributed by atoms with Crippen molar-refractivity contribution in [2.24, 2.45) is 17.8 Å². The van der Waals surface area contributed by atoms with Gasteiger partial charge in [-0.25, -0.2) is 0 Å². The van der Waals surface area contributed by atoms with Crippen LogP contribution >= 0.6 is 12.4 Å². The number of hydrogen-bond donors (Lipinski definition) is 1. The van der Waals surface area contributed by atoms with Crippen LogP contribution in [0.1, 0.15) is 6.42 Å². The minimum Gasteiger partial charge on any atom is -0.383 e. The Morgan fingerprint density at radius 1 is 1.29 bits per heavy atom. The molecule has 3 aliphatic heterocycles. The van der Waals surface area contributed by atoms with Crippen LogP contribution in [0.4, 0.5) is 0 Å². The van der Waals surface area contributed by atoms with E-state index in [0.717, 1.165) is 26.2 Å². The zero-order valence-electron chi connectivity index (χ0n) is 12.4. The van der Waals surface area contributed by atoms with Crippen LogP contribution in [0, 0.1) is 17.8 Å². The summed E-state index contributed by atoms with van der Waals surface area (Å²) in [5, 5.41) is 3.38. The standard InChI is InChI=1S/C14H23N3O3.ClH/c1-20-3-2-16-7-10(4-13(16)18)14(19)17-8-11-5-15-6-12(11)9-17;/h10-12,15H,2-9H2,1H3;1H/t10?,11-,12+;. The molecule has 0 bridgehead atoms. The fourth-order valence-electron chi connectivity index (χ4n) is 3.65. The van der Waals surface area contributed by atoms with Crippen molar-refractivity contribution >= 4 is 24.2 Å². The minimum atomic E-state index is -0.147. The quantitative estimate of drug-likeness (QED) is 0.765. The number of ether oxygens (including phenoxy) is 1. The lowest BCUT2D eigenvalue weighted by molar-refractivity contribution is -0.135. The molecular weight excluding hydrogens is 294 g/mol. The average molecular weight is 318 g/mol. The van der Waals surface area contributed by atoms with E-state index in [9.17, 15) is 9.59 Å². The Morgan fingerprint density at radius 3 is 2.57 bits per heavy atom. The fraction of sp³-hybridized carbons (Fsp3) is 0.857. The molecule has 3 rings (SSSR count). The highest BCUT2D eigenvalue weighted by Crippen LogP contribution is 2.29. The van der Waals surface area contributed by atoms with E-state index in [4.69, 9.17) is 4.74 Å². The molecule has 6 nitrogen and oxygen atoms in total. The number of halogens is 1. The van der Waals surface area contributed by atoms with Crippen molar-refractivity contribution in [3.8, 4) is 0 Å². The second-order valence-electron chi connectivity index (χ2n) is 6.16. The molecule has 1 unspecified atom stereocenters. The molecule has 3 atom stereocenters. The minimum absolute atomic E-state index is 0. The molecule has 3 fully saturated rings. The van der Waals surface area contributed by atoms with E-state index in [1.54, 1.807) is 12.0 Å². The Balaban J connectivity index is 0.00000161. The van der Waals surface area contributed by atoms with Crippen molar-refractivity contribution in [3.05, 3.63) is 0 Å². The van der Waals surface area contributed by atoms with Gasteiger partial charge in [0, 0.05) is 52.8 Å². The number of carbonyl (C=O) groups excluding carboxylic acids is 2. The molecule has 7 heteroatoms. The molecule has 0 aliphatic carbocycles. The first-order valence-electron chi connectivity index (χ1n) is 7.45. The molecule has 120 valence electrons. The van der Waals surface area contributed by atoms with Gasteiger partial charge >= 0.3 is 0 Å². The highest BCUT2D eigenvalue weighted by Gasteiger charge is 2.42. The maximum Gasteiger partial charge on any atom is 0.228 e. The first-order valence-corrected chi connectivity index (χ1v) is 7.45. The van der Waals surface area contributed by atoms with Crippen LogP contribution in [-0.4, -0.2) is 74.6 Å². The van der Waals surface area contributed by atoms with Crippen LogP contribution in [0.3, 0.4) is 0 Å². The maximum absolute atomic E-state index is 12.5. The number of rotatable bonds is 4. The number of fused-ring (bicyclic) bond motifs is 1. The number of carbonyl (C=O) groups is 2.